The van der Waals surface area contributed by atoms with Gasteiger partial charge in [0.25, 0.3) is 0 Å². The number of fused-ring (bicyclic) bond motifs is 1. The third-order valence-electron chi connectivity index (χ3n) is 3.51. The van der Waals surface area contributed by atoms with Crippen LogP contribution in [0.2, 0.25) is 0 Å². The molecule has 2 aromatic rings. The highest BCUT2D eigenvalue weighted by atomic mass is 15.1. The van der Waals surface area contributed by atoms with E-state index < -0.39 is 0 Å². The lowest BCUT2D eigenvalue weighted by atomic mass is 10.1. The zero-order valence-electron chi connectivity index (χ0n) is 11.4. The number of hydrogen-bond acceptors (Lipinski definition) is 3. The molecule has 2 N–H and O–H groups in total. The molecule has 1 unspecified atom stereocenters. The lowest BCUT2D eigenvalue weighted by molar-refractivity contribution is 0.545. The molecule has 1 aromatic carbocycles. The van der Waals surface area contributed by atoms with E-state index in [-0.39, 0.29) is 0 Å². The number of benzene rings is 1. The fourth-order valence-electron chi connectivity index (χ4n) is 2.02. The Hall–Kier alpha value is -1.55. The summed E-state index contributed by atoms with van der Waals surface area (Å²) in [7, 11) is 4.13. The monoisotopic (exact) mass is 246 g/mol. The van der Waals surface area contributed by atoms with E-state index in [1.165, 1.54) is 11.2 Å². The first-order valence-corrected chi connectivity index (χ1v) is 6.44. The molecule has 1 aromatic heterocycles. The fourth-order valence-corrected chi connectivity index (χ4v) is 2.02. The van der Waals surface area contributed by atoms with Crippen LogP contribution in [0.4, 0.5) is 5.69 Å². The van der Waals surface area contributed by atoms with E-state index in [0.717, 1.165) is 25.0 Å². The number of anilines is 1. The van der Waals surface area contributed by atoms with Crippen LogP contribution in [0, 0.1) is 5.92 Å². The van der Waals surface area contributed by atoms with Gasteiger partial charge in [-0.15, -0.1) is 0 Å². The van der Waals surface area contributed by atoms with Gasteiger partial charge in [0.2, 0.25) is 0 Å². The first-order valence-electron chi connectivity index (χ1n) is 6.44. The van der Waals surface area contributed by atoms with Crippen LogP contribution < -0.4 is 10.6 Å². The van der Waals surface area contributed by atoms with Crippen molar-refractivity contribution in [3.8, 4) is 0 Å². The van der Waals surface area contributed by atoms with E-state index in [2.05, 4.69) is 42.1 Å². The quantitative estimate of drug-likeness (QED) is 0.877. The Bertz CT molecular complexity index is 517. The van der Waals surface area contributed by atoms with Crippen LogP contribution in [-0.4, -0.2) is 29.7 Å². The average molecular weight is 246 g/mol. The van der Waals surface area contributed by atoms with Crippen molar-refractivity contribution in [1.82, 2.24) is 9.55 Å². The molecule has 1 atom stereocenters. The molecule has 0 aliphatic rings. The summed E-state index contributed by atoms with van der Waals surface area (Å²) in [6, 6.07) is 6.42. The molecule has 98 valence electrons. The zero-order valence-corrected chi connectivity index (χ0v) is 11.4. The third kappa shape index (κ3) is 2.64. The van der Waals surface area contributed by atoms with Gasteiger partial charge in [-0.3, -0.25) is 0 Å². The summed E-state index contributed by atoms with van der Waals surface area (Å²) in [6.45, 7) is 3.97. The Morgan fingerprint density at radius 3 is 2.94 bits per heavy atom. The SMILES string of the molecule is CC(CN)CCN(C)c1ccc2c(c1)ncn2C. The maximum absolute atomic E-state index is 5.64. The summed E-state index contributed by atoms with van der Waals surface area (Å²) in [4.78, 5) is 6.65. The Morgan fingerprint density at radius 1 is 1.44 bits per heavy atom. The lowest BCUT2D eigenvalue weighted by Gasteiger charge is -2.21. The maximum Gasteiger partial charge on any atom is 0.0955 e. The highest BCUT2D eigenvalue weighted by Crippen LogP contribution is 2.20. The standard InChI is InChI=1S/C14H22N4/c1-11(9-15)6-7-17(2)12-4-5-14-13(8-12)16-10-18(14)3/h4-5,8,10-11H,6-7,9,15H2,1-3H3. The van der Waals surface area contributed by atoms with Gasteiger partial charge in [0, 0.05) is 26.3 Å². The first-order chi connectivity index (χ1) is 8.61. The minimum Gasteiger partial charge on any atom is -0.375 e. The normalized spacial score (nSPS) is 12.9. The summed E-state index contributed by atoms with van der Waals surface area (Å²) in [6.07, 6.45) is 2.97. The lowest BCUT2D eigenvalue weighted by Crippen LogP contribution is -2.22. The predicted octanol–water partition coefficient (Wildman–Crippen LogP) is 1.99. The molecule has 0 bridgehead atoms. The zero-order chi connectivity index (χ0) is 13.1. The van der Waals surface area contributed by atoms with E-state index in [1.807, 2.05) is 17.9 Å². The van der Waals surface area contributed by atoms with E-state index in [1.54, 1.807) is 0 Å². The van der Waals surface area contributed by atoms with Crippen LogP contribution in [0.3, 0.4) is 0 Å². The number of aromatic nitrogens is 2. The Morgan fingerprint density at radius 2 is 2.22 bits per heavy atom. The first kappa shape index (κ1) is 12.9. The molecular formula is C14H22N4. The van der Waals surface area contributed by atoms with E-state index in [9.17, 15) is 0 Å². The molecule has 0 amide bonds. The number of nitrogens with two attached hydrogens (primary N) is 1. The molecule has 1 heterocycles. The van der Waals surface area contributed by atoms with Crippen LogP contribution in [0.25, 0.3) is 11.0 Å². The van der Waals surface area contributed by atoms with Gasteiger partial charge in [0.15, 0.2) is 0 Å². The second-order valence-electron chi connectivity index (χ2n) is 5.08. The van der Waals surface area contributed by atoms with Crippen molar-refractivity contribution < 1.29 is 0 Å². The van der Waals surface area contributed by atoms with Crippen molar-refractivity contribution >= 4 is 16.7 Å². The van der Waals surface area contributed by atoms with Gasteiger partial charge in [-0.05, 0) is 37.1 Å². The smallest absolute Gasteiger partial charge is 0.0955 e. The molecule has 2 rings (SSSR count). The molecule has 18 heavy (non-hydrogen) atoms. The summed E-state index contributed by atoms with van der Waals surface area (Å²) >= 11 is 0. The second-order valence-corrected chi connectivity index (χ2v) is 5.08. The van der Waals surface area contributed by atoms with Crippen LogP contribution in [0.15, 0.2) is 24.5 Å². The maximum atomic E-state index is 5.64. The van der Waals surface area contributed by atoms with Gasteiger partial charge < -0.3 is 15.2 Å². The Balaban J connectivity index is 2.10. The average Bonchev–Trinajstić information content (AvgIpc) is 2.76. The fraction of sp³-hybridized carbons (Fsp3) is 0.500. The van der Waals surface area contributed by atoms with E-state index >= 15 is 0 Å². The van der Waals surface area contributed by atoms with Crippen LogP contribution in [0.1, 0.15) is 13.3 Å². The van der Waals surface area contributed by atoms with Crippen LogP contribution in [-0.2, 0) is 7.05 Å². The summed E-state index contributed by atoms with van der Waals surface area (Å²) in [5.74, 6) is 0.575. The highest BCUT2D eigenvalue weighted by molar-refractivity contribution is 5.79. The number of imidazole rings is 1. The van der Waals surface area contributed by atoms with Gasteiger partial charge >= 0.3 is 0 Å². The van der Waals surface area contributed by atoms with Gasteiger partial charge in [-0.25, -0.2) is 4.98 Å². The molecule has 0 aliphatic carbocycles. The van der Waals surface area contributed by atoms with Crippen LogP contribution >= 0.6 is 0 Å². The van der Waals surface area contributed by atoms with E-state index in [4.69, 9.17) is 5.73 Å². The largest absolute Gasteiger partial charge is 0.375 e. The third-order valence-corrected chi connectivity index (χ3v) is 3.51. The van der Waals surface area contributed by atoms with Gasteiger partial charge in [-0.2, -0.15) is 0 Å². The molecule has 0 spiro atoms. The van der Waals surface area contributed by atoms with E-state index in [0.29, 0.717) is 5.92 Å². The number of hydrogen-bond donors (Lipinski definition) is 1. The molecule has 0 fully saturated rings. The molecule has 4 nitrogen and oxygen atoms in total. The molecule has 0 saturated carbocycles. The minimum atomic E-state index is 0.575. The van der Waals surface area contributed by atoms with Crippen molar-refractivity contribution in [3.63, 3.8) is 0 Å². The van der Waals surface area contributed by atoms with Gasteiger partial charge in [0.05, 0.1) is 17.4 Å². The number of nitrogens with zero attached hydrogens (tertiary/aromatic N) is 3. The Labute approximate surface area is 108 Å². The predicted molar refractivity (Wildman–Crippen MR) is 76.8 cm³/mol. The highest BCUT2D eigenvalue weighted by Gasteiger charge is 2.06. The Kier molecular flexibility index (Phi) is 3.87. The summed E-state index contributed by atoms with van der Waals surface area (Å²) < 4.78 is 2.04. The van der Waals surface area contributed by atoms with Crippen molar-refractivity contribution in [2.75, 3.05) is 25.0 Å². The van der Waals surface area contributed by atoms with Crippen molar-refractivity contribution in [2.24, 2.45) is 18.7 Å². The molecule has 4 heteroatoms. The van der Waals surface area contributed by atoms with Crippen molar-refractivity contribution in [2.45, 2.75) is 13.3 Å². The topological polar surface area (TPSA) is 47.1 Å². The molecule has 0 radical (unpaired) electrons. The number of rotatable bonds is 5. The van der Waals surface area contributed by atoms with Gasteiger partial charge in [0.1, 0.15) is 0 Å². The summed E-state index contributed by atoms with van der Waals surface area (Å²) in [5, 5.41) is 0. The van der Waals surface area contributed by atoms with Gasteiger partial charge in [-0.1, -0.05) is 6.92 Å². The van der Waals surface area contributed by atoms with Crippen molar-refractivity contribution in [1.29, 1.82) is 0 Å². The molecular weight excluding hydrogens is 224 g/mol. The second kappa shape index (κ2) is 5.40. The number of aryl methyl sites for hydroxylation is 1. The molecule has 0 aliphatic heterocycles. The molecule has 0 saturated heterocycles. The van der Waals surface area contributed by atoms with Crippen LogP contribution in [0.5, 0.6) is 0 Å². The van der Waals surface area contributed by atoms with Crippen molar-refractivity contribution in [3.05, 3.63) is 24.5 Å². The minimum absolute atomic E-state index is 0.575. The summed E-state index contributed by atoms with van der Waals surface area (Å²) in [5.41, 5.74) is 9.07.